The predicted molar refractivity (Wildman–Crippen MR) is 65.2 cm³/mol. The number of pyridine rings is 1. The lowest BCUT2D eigenvalue weighted by Crippen LogP contribution is -2.32. The van der Waals surface area contributed by atoms with Crippen molar-refractivity contribution in [2.24, 2.45) is 0 Å². The number of likely N-dealkylation sites (tertiary alicyclic amines) is 1. The second-order valence-corrected chi connectivity index (χ2v) is 4.86. The third kappa shape index (κ3) is 2.79. The minimum absolute atomic E-state index is 0.106. The van der Waals surface area contributed by atoms with Gasteiger partial charge in [-0.2, -0.15) is 0 Å². The molecule has 0 aromatic carbocycles. The van der Waals surface area contributed by atoms with Crippen LogP contribution in [-0.4, -0.2) is 38.8 Å². The van der Waals surface area contributed by atoms with E-state index in [0.717, 1.165) is 5.56 Å². The number of carbonyl (C=O) groups is 2. The Morgan fingerprint density at radius 1 is 1.67 bits per heavy atom. The SMILES string of the molecule is O=C(O)CC(c1cccnc1)N1CC(Cl)CC1=O. The van der Waals surface area contributed by atoms with Crippen LogP contribution in [0, 0.1) is 0 Å². The molecule has 0 aliphatic carbocycles. The first-order valence-electron chi connectivity index (χ1n) is 5.63. The fourth-order valence-electron chi connectivity index (χ4n) is 2.13. The van der Waals surface area contributed by atoms with Gasteiger partial charge in [-0.3, -0.25) is 14.6 Å². The highest BCUT2D eigenvalue weighted by Crippen LogP contribution is 2.30. The molecule has 5 nitrogen and oxygen atoms in total. The summed E-state index contributed by atoms with van der Waals surface area (Å²) in [5, 5.41) is 8.72. The van der Waals surface area contributed by atoms with E-state index in [9.17, 15) is 9.59 Å². The molecule has 2 atom stereocenters. The Labute approximate surface area is 109 Å². The Bertz CT molecular complexity index is 452. The zero-order valence-corrected chi connectivity index (χ0v) is 10.4. The van der Waals surface area contributed by atoms with Crippen LogP contribution < -0.4 is 0 Å². The fourth-order valence-corrected chi connectivity index (χ4v) is 2.41. The van der Waals surface area contributed by atoms with Crippen molar-refractivity contribution in [3.8, 4) is 0 Å². The summed E-state index contributed by atoms with van der Waals surface area (Å²) in [7, 11) is 0. The number of aromatic nitrogens is 1. The van der Waals surface area contributed by atoms with E-state index < -0.39 is 12.0 Å². The zero-order valence-electron chi connectivity index (χ0n) is 9.62. The Balaban J connectivity index is 2.26. The molecule has 1 amide bonds. The summed E-state index contributed by atoms with van der Waals surface area (Å²) in [5.74, 6) is -1.06. The van der Waals surface area contributed by atoms with E-state index in [4.69, 9.17) is 16.7 Å². The molecule has 96 valence electrons. The lowest BCUT2D eigenvalue weighted by Gasteiger charge is -2.26. The second-order valence-electron chi connectivity index (χ2n) is 4.25. The predicted octanol–water partition coefficient (Wildman–Crippen LogP) is 1.44. The van der Waals surface area contributed by atoms with Crippen molar-refractivity contribution in [2.75, 3.05) is 6.54 Å². The van der Waals surface area contributed by atoms with Crippen LogP contribution in [0.4, 0.5) is 0 Å². The van der Waals surface area contributed by atoms with E-state index in [1.165, 1.54) is 4.90 Å². The lowest BCUT2D eigenvalue weighted by atomic mass is 10.0. The average Bonchev–Trinajstić information content (AvgIpc) is 2.66. The maximum atomic E-state index is 11.8. The minimum atomic E-state index is -0.949. The highest BCUT2D eigenvalue weighted by Gasteiger charge is 2.35. The van der Waals surface area contributed by atoms with Crippen molar-refractivity contribution in [1.82, 2.24) is 9.88 Å². The number of carbonyl (C=O) groups excluding carboxylic acids is 1. The number of hydrogen-bond donors (Lipinski definition) is 1. The van der Waals surface area contributed by atoms with Gasteiger partial charge in [-0.25, -0.2) is 0 Å². The summed E-state index contributed by atoms with van der Waals surface area (Å²) in [5.41, 5.74) is 0.721. The summed E-state index contributed by atoms with van der Waals surface area (Å²) in [6, 6.07) is 3.01. The van der Waals surface area contributed by atoms with Gasteiger partial charge in [0.05, 0.1) is 17.8 Å². The molecule has 1 N–H and O–H groups in total. The molecule has 6 heteroatoms. The van der Waals surface area contributed by atoms with E-state index in [1.54, 1.807) is 24.5 Å². The Morgan fingerprint density at radius 3 is 2.94 bits per heavy atom. The number of carboxylic acids is 1. The molecule has 18 heavy (non-hydrogen) atoms. The largest absolute Gasteiger partial charge is 0.481 e. The molecule has 1 aromatic rings. The van der Waals surface area contributed by atoms with Crippen molar-refractivity contribution in [3.63, 3.8) is 0 Å². The van der Waals surface area contributed by atoms with Gasteiger partial charge < -0.3 is 10.0 Å². The second kappa shape index (κ2) is 5.35. The van der Waals surface area contributed by atoms with E-state index >= 15 is 0 Å². The van der Waals surface area contributed by atoms with Crippen LogP contribution in [0.1, 0.15) is 24.4 Å². The maximum Gasteiger partial charge on any atom is 0.305 e. The number of hydrogen-bond acceptors (Lipinski definition) is 3. The third-order valence-corrected chi connectivity index (χ3v) is 3.22. The third-order valence-electron chi connectivity index (χ3n) is 2.92. The Kier molecular flexibility index (Phi) is 3.81. The summed E-state index contributed by atoms with van der Waals surface area (Å²) >= 11 is 5.94. The first-order chi connectivity index (χ1) is 8.58. The van der Waals surface area contributed by atoms with E-state index in [-0.39, 0.29) is 24.1 Å². The number of aliphatic carboxylic acids is 1. The Morgan fingerprint density at radius 2 is 2.44 bits per heavy atom. The molecule has 2 rings (SSSR count). The highest BCUT2D eigenvalue weighted by molar-refractivity contribution is 6.22. The number of amides is 1. The van der Waals surface area contributed by atoms with Gasteiger partial charge in [-0.05, 0) is 11.6 Å². The molecule has 2 unspecified atom stereocenters. The minimum Gasteiger partial charge on any atom is -0.481 e. The number of carboxylic acid groups (broad SMARTS) is 1. The smallest absolute Gasteiger partial charge is 0.305 e. The molecule has 1 aliphatic rings. The maximum absolute atomic E-state index is 11.8. The fraction of sp³-hybridized carbons (Fsp3) is 0.417. The Hall–Kier alpha value is -1.62. The molecule has 1 aliphatic heterocycles. The molecule has 1 aromatic heterocycles. The van der Waals surface area contributed by atoms with Crippen molar-refractivity contribution < 1.29 is 14.7 Å². The average molecular weight is 269 g/mol. The quantitative estimate of drug-likeness (QED) is 0.839. The highest BCUT2D eigenvalue weighted by atomic mass is 35.5. The van der Waals surface area contributed by atoms with Gasteiger partial charge in [-0.15, -0.1) is 11.6 Å². The van der Waals surface area contributed by atoms with Gasteiger partial charge in [0.1, 0.15) is 0 Å². The molecular formula is C12H13ClN2O3. The molecule has 0 bridgehead atoms. The first-order valence-corrected chi connectivity index (χ1v) is 6.07. The summed E-state index contributed by atoms with van der Waals surface area (Å²) in [6.07, 6.45) is 3.32. The molecular weight excluding hydrogens is 256 g/mol. The van der Waals surface area contributed by atoms with E-state index in [1.807, 2.05) is 0 Å². The van der Waals surface area contributed by atoms with E-state index in [2.05, 4.69) is 4.98 Å². The lowest BCUT2D eigenvalue weighted by molar-refractivity contribution is -0.139. The number of rotatable bonds is 4. The van der Waals surface area contributed by atoms with Crippen LogP contribution in [0.15, 0.2) is 24.5 Å². The monoisotopic (exact) mass is 268 g/mol. The normalized spacial score (nSPS) is 21.1. The topological polar surface area (TPSA) is 70.5 Å². The number of halogens is 1. The van der Waals surface area contributed by atoms with Gasteiger partial charge in [-0.1, -0.05) is 6.07 Å². The van der Waals surface area contributed by atoms with Gasteiger partial charge in [0.15, 0.2) is 0 Å². The van der Waals surface area contributed by atoms with Gasteiger partial charge >= 0.3 is 5.97 Å². The molecule has 2 heterocycles. The first kappa shape index (κ1) is 12.8. The molecule has 0 spiro atoms. The summed E-state index contributed by atoms with van der Waals surface area (Å²) in [4.78, 5) is 28.2. The van der Waals surface area contributed by atoms with Crippen molar-refractivity contribution >= 4 is 23.5 Å². The van der Waals surface area contributed by atoms with Gasteiger partial charge in [0.25, 0.3) is 0 Å². The van der Waals surface area contributed by atoms with Crippen LogP contribution in [0.25, 0.3) is 0 Å². The molecule has 0 saturated carbocycles. The summed E-state index contributed by atoms with van der Waals surface area (Å²) < 4.78 is 0. The molecule has 1 saturated heterocycles. The van der Waals surface area contributed by atoms with Crippen LogP contribution in [0.5, 0.6) is 0 Å². The van der Waals surface area contributed by atoms with Gasteiger partial charge in [0, 0.05) is 25.4 Å². The van der Waals surface area contributed by atoms with E-state index in [0.29, 0.717) is 6.54 Å². The van der Waals surface area contributed by atoms with Gasteiger partial charge in [0.2, 0.25) is 5.91 Å². The standard InChI is InChI=1S/C12H13ClN2O3/c13-9-4-11(16)15(7-9)10(5-12(17)18)8-2-1-3-14-6-8/h1-3,6,9-10H,4-5,7H2,(H,17,18). The molecule has 0 radical (unpaired) electrons. The van der Waals surface area contributed by atoms with Crippen molar-refractivity contribution in [2.45, 2.75) is 24.3 Å². The van der Waals surface area contributed by atoms with Crippen LogP contribution in [0.2, 0.25) is 0 Å². The van der Waals surface area contributed by atoms with Crippen LogP contribution >= 0.6 is 11.6 Å². The van der Waals surface area contributed by atoms with Crippen LogP contribution in [-0.2, 0) is 9.59 Å². The number of alkyl halides is 1. The van der Waals surface area contributed by atoms with Crippen molar-refractivity contribution in [1.29, 1.82) is 0 Å². The number of nitrogens with zero attached hydrogens (tertiary/aromatic N) is 2. The molecule has 1 fully saturated rings. The summed E-state index contributed by atoms with van der Waals surface area (Å²) in [6.45, 7) is 0.382. The van der Waals surface area contributed by atoms with Crippen molar-refractivity contribution in [3.05, 3.63) is 30.1 Å². The zero-order chi connectivity index (χ0) is 13.1. The van der Waals surface area contributed by atoms with Crippen LogP contribution in [0.3, 0.4) is 0 Å².